The van der Waals surface area contributed by atoms with Crippen molar-refractivity contribution >= 4 is 33.2 Å². The summed E-state index contributed by atoms with van der Waals surface area (Å²) in [4.78, 5) is 12.0. The molecule has 1 saturated heterocycles. The number of rotatable bonds is 4. The molecule has 0 spiro atoms. The Morgan fingerprint density at radius 3 is 2.62 bits per heavy atom. The second kappa shape index (κ2) is 6.94. The lowest BCUT2D eigenvalue weighted by Crippen LogP contribution is -2.40. The molecule has 1 aromatic heterocycles. The number of amides is 1. The Bertz CT molecular complexity index is 830. The third-order valence-corrected chi connectivity index (χ3v) is 5.94. The summed E-state index contributed by atoms with van der Waals surface area (Å²) in [5, 5.41) is 2.72. The molecule has 24 heavy (non-hydrogen) atoms. The van der Waals surface area contributed by atoms with E-state index in [9.17, 15) is 13.2 Å². The van der Waals surface area contributed by atoms with E-state index >= 15 is 0 Å². The van der Waals surface area contributed by atoms with Crippen molar-refractivity contribution in [2.24, 2.45) is 0 Å². The highest BCUT2D eigenvalue weighted by molar-refractivity contribution is 7.89. The molecule has 1 aromatic carbocycles. The average Bonchev–Trinajstić information content (AvgIpc) is 3.12. The van der Waals surface area contributed by atoms with Gasteiger partial charge >= 0.3 is 0 Å². The van der Waals surface area contributed by atoms with E-state index in [1.54, 1.807) is 6.07 Å². The Morgan fingerprint density at radius 2 is 1.96 bits per heavy atom. The van der Waals surface area contributed by atoms with Crippen molar-refractivity contribution in [3.63, 3.8) is 0 Å². The Hall–Kier alpha value is -1.87. The molecule has 3 rings (SSSR count). The van der Waals surface area contributed by atoms with E-state index in [2.05, 4.69) is 5.32 Å². The number of carbonyl (C=O) groups excluding carboxylic acids is 1. The fourth-order valence-electron chi connectivity index (χ4n) is 2.30. The van der Waals surface area contributed by atoms with Gasteiger partial charge in [0.1, 0.15) is 11.2 Å². The SMILES string of the molecule is O=C(Nc1ccc(Cl)c(S(=O)(=O)N2CCOCC2)c1)c1ccoc1. The van der Waals surface area contributed by atoms with E-state index in [0.717, 1.165) is 0 Å². The number of morpholine rings is 1. The number of benzene rings is 1. The van der Waals surface area contributed by atoms with Crippen LogP contribution in [0.1, 0.15) is 10.4 Å². The van der Waals surface area contributed by atoms with Gasteiger partial charge in [-0.1, -0.05) is 11.6 Å². The number of nitrogens with one attached hydrogen (secondary N) is 1. The normalized spacial score (nSPS) is 16.0. The van der Waals surface area contributed by atoms with Gasteiger partial charge in [0, 0.05) is 18.8 Å². The van der Waals surface area contributed by atoms with Gasteiger partial charge in [0.25, 0.3) is 5.91 Å². The zero-order valence-corrected chi connectivity index (χ0v) is 14.1. The standard InChI is InChI=1S/C15H15ClN2O5S/c16-13-2-1-12(17-15(19)11-3-6-23-10-11)9-14(13)24(20,21)18-4-7-22-8-5-18/h1-3,6,9-10H,4-5,7-8H2,(H,17,19). The van der Waals surface area contributed by atoms with Crippen LogP contribution in [0.4, 0.5) is 5.69 Å². The summed E-state index contributed by atoms with van der Waals surface area (Å²) in [7, 11) is -3.75. The monoisotopic (exact) mass is 370 g/mol. The van der Waals surface area contributed by atoms with E-state index in [0.29, 0.717) is 24.5 Å². The molecule has 2 heterocycles. The van der Waals surface area contributed by atoms with Crippen LogP contribution < -0.4 is 5.32 Å². The van der Waals surface area contributed by atoms with E-state index in [-0.39, 0.29) is 23.0 Å². The predicted molar refractivity (Wildman–Crippen MR) is 87.7 cm³/mol. The van der Waals surface area contributed by atoms with Gasteiger partial charge in [-0.2, -0.15) is 4.31 Å². The van der Waals surface area contributed by atoms with Crippen molar-refractivity contribution < 1.29 is 22.4 Å². The van der Waals surface area contributed by atoms with Gasteiger partial charge in [0.2, 0.25) is 10.0 Å². The van der Waals surface area contributed by atoms with Crippen molar-refractivity contribution in [3.05, 3.63) is 47.4 Å². The molecular weight excluding hydrogens is 356 g/mol. The molecule has 1 aliphatic rings. The molecule has 0 radical (unpaired) electrons. The first-order chi connectivity index (χ1) is 11.5. The molecule has 0 bridgehead atoms. The van der Waals surface area contributed by atoms with Crippen LogP contribution in [-0.4, -0.2) is 44.9 Å². The number of hydrogen-bond acceptors (Lipinski definition) is 5. The lowest BCUT2D eigenvalue weighted by molar-refractivity contribution is 0.0730. The lowest BCUT2D eigenvalue weighted by atomic mass is 10.3. The molecule has 9 heteroatoms. The molecule has 0 saturated carbocycles. The smallest absolute Gasteiger partial charge is 0.258 e. The molecule has 2 aromatic rings. The Kier molecular flexibility index (Phi) is 4.91. The van der Waals surface area contributed by atoms with Gasteiger partial charge < -0.3 is 14.5 Å². The number of anilines is 1. The van der Waals surface area contributed by atoms with Crippen LogP contribution in [0.15, 0.2) is 46.1 Å². The third-order valence-electron chi connectivity index (χ3n) is 3.56. The molecule has 1 aliphatic heterocycles. The van der Waals surface area contributed by atoms with Gasteiger partial charge in [-0.15, -0.1) is 0 Å². The zero-order valence-electron chi connectivity index (χ0n) is 12.6. The Morgan fingerprint density at radius 1 is 1.21 bits per heavy atom. The van der Waals surface area contributed by atoms with Gasteiger partial charge in [-0.3, -0.25) is 4.79 Å². The summed E-state index contributed by atoms with van der Waals surface area (Å²) in [6.07, 6.45) is 2.68. The molecule has 128 valence electrons. The summed E-state index contributed by atoms with van der Waals surface area (Å²) in [6, 6.07) is 5.85. The number of carbonyl (C=O) groups is 1. The van der Waals surface area contributed by atoms with Crippen molar-refractivity contribution in [1.29, 1.82) is 0 Å². The van der Waals surface area contributed by atoms with Crippen LogP contribution in [0.3, 0.4) is 0 Å². The fraction of sp³-hybridized carbons (Fsp3) is 0.267. The van der Waals surface area contributed by atoms with Crippen LogP contribution in [0.25, 0.3) is 0 Å². The van der Waals surface area contributed by atoms with Crippen molar-refractivity contribution in [2.75, 3.05) is 31.6 Å². The Labute approximate surface area is 144 Å². The fourth-order valence-corrected chi connectivity index (χ4v) is 4.21. The van der Waals surface area contributed by atoms with Gasteiger partial charge in [0.05, 0.1) is 30.1 Å². The Balaban J connectivity index is 1.87. The zero-order chi connectivity index (χ0) is 17.2. The first-order valence-electron chi connectivity index (χ1n) is 7.19. The first kappa shape index (κ1) is 17.0. The second-order valence-corrected chi connectivity index (χ2v) is 7.44. The highest BCUT2D eigenvalue weighted by Gasteiger charge is 2.28. The van der Waals surface area contributed by atoms with Crippen molar-refractivity contribution in [2.45, 2.75) is 4.90 Å². The molecule has 1 amide bonds. The summed E-state index contributed by atoms with van der Waals surface area (Å²) < 4.78 is 36.8. The molecule has 1 fully saturated rings. The molecule has 0 aliphatic carbocycles. The van der Waals surface area contributed by atoms with Crippen LogP contribution in [-0.2, 0) is 14.8 Å². The summed E-state index contributed by atoms with van der Waals surface area (Å²) in [5.41, 5.74) is 0.667. The number of halogens is 1. The topological polar surface area (TPSA) is 88.9 Å². The van der Waals surface area contributed by atoms with E-state index < -0.39 is 15.9 Å². The molecule has 0 atom stereocenters. The van der Waals surface area contributed by atoms with E-state index in [4.69, 9.17) is 20.8 Å². The minimum absolute atomic E-state index is 0.0453. The highest BCUT2D eigenvalue weighted by atomic mass is 35.5. The first-order valence-corrected chi connectivity index (χ1v) is 9.01. The maximum Gasteiger partial charge on any atom is 0.258 e. The van der Waals surface area contributed by atoms with Crippen LogP contribution in [0.5, 0.6) is 0 Å². The predicted octanol–water partition coefficient (Wildman–Crippen LogP) is 2.21. The lowest BCUT2D eigenvalue weighted by Gasteiger charge is -2.26. The van der Waals surface area contributed by atoms with E-state index in [1.807, 2.05) is 0 Å². The van der Waals surface area contributed by atoms with E-state index in [1.165, 1.54) is 35.0 Å². The number of hydrogen-bond donors (Lipinski definition) is 1. The average molecular weight is 371 g/mol. The molecule has 7 nitrogen and oxygen atoms in total. The van der Waals surface area contributed by atoms with Crippen molar-refractivity contribution in [1.82, 2.24) is 4.31 Å². The molecule has 1 N–H and O–H groups in total. The van der Waals surface area contributed by atoms with Gasteiger partial charge in [-0.05, 0) is 24.3 Å². The van der Waals surface area contributed by atoms with Gasteiger partial charge in [-0.25, -0.2) is 8.42 Å². The summed E-state index contributed by atoms with van der Waals surface area (Å²) in [5.74, 6) is -0.402. The quantitative estimate of drug-likeness (QED) is 0.891. The number of furan rings is 1. The maximum absolute atomic E-state index is 12.7. The largest absolute Gasteiger partial charge is 0.472 e. The summed E-state index contributed by atoms with van der Waals surface area (Å²) >= 11 is 6.07. The van der Waals surface area contributed by atoms with Crippen LogP contribution in [0, 0.1) is 0 Å². The number of ether oxygens (including phenoxy) is 1. The minimum atomic E-state index is -3.75. The molecular formula is C15H15ClN2O5S. The number of nitrogens with zero attached hydrogens (tertiary/aromatic N) is 1. The highest BCUT2D eigenvalue weighted by Crippen LogP contribution is 2.28. The van der Waals surface area contributed by atoms with Crippen LogP contribution >= 0.6 is 11.6 Å². The third kappa shape index (κ3) is 3.46. The van der Waals surface area contributed by atoms with Crippen LogP contribution in [0.2, 0.25) is 5.02 Å². The molecule has 0 unspecified atom stereocenters. The van der Waals surface area contributed by atoms with Crippen molar-refractivity contribution in [3.8, 4) is 0 Å². The minimum Gasteiger partial charge on any atom is -0.472 e. The summed E-state index contributed by atoms with van der Waals surface area (Å²) in [6.45, 7) is 1.22. The maximum atomic E-state index is 12.7. The van der Waals surface area contributed by atoms with Gasteiger partial charge in [0.15, 0.2) is 0 Å². The number of sulfonamides is 1. The second-order valence-electron chi connectivity index (χ2n) is 5.13.